The molecule has 0 unspecified atom stereocenters. The third-order valence-electron chi connectivity index (χ3n) is 4.18. The molecule has 3 rings (SSSR count). The quantitative estimate of drug-likeness (QED) is 0.848. The van der Waals surface area contributed by atoms with Gasteiger partial charge in [0.1, 0.15) is 17.1 Å². The van der Waals surface area contributed by atoms with E-state index in [2.05, 4.69) is 5.10 Å². The number of ether oxygens (including phenoxy) is 1. The van der Waals surface area contributed by atoms with Crippen LogP contribution in [0.3, 0.4) is 0 Å². The predicted molar refractivity (Wildman–Crippen MR) is 90.1 cm³/mol. The highest BCUT2D eigenvalue weighted by Crippen LogP contribution is 2.22. The molecule has 0 bridgehead atoms. The molecule has 1 fully saturated rings. The van der Waals surface area contributed by atoms with Crippen molar-refractivity contribution in [3.8, 4) is 11.5 Å². The second-order valence-corrected chi connectivity index (χ2v) is 5.93. The number of hydrogen-bond donors (Lipinski definition) is 0. The van der Waals surface area contributed by atoms with Crippen molar-refractivity contribution in [1.82, 2.24) is 19.6 Å². The van der Waals surface area contributed by atoms with Crippen molar-refractivity contribution in [3.63, 3.8) is 0 Å². The van der Waals surface area contributed by atoms with Crippen LogP contribution in [0.25, 0.3) is 11.5 Å². The maximum atomic E-state index is 12.8. The highest BCUT2D eigenvalue weighted by Gasteiger charge is 2.27. The molecule has 0 N–H and O–H groups in total. The number of carbonyl (C=O) groups excluding carboxylic acids is 2. The normalized spacial score (nSPS) is 14.7. The molecule has 8 nitrogen and oxygen atoms in total. The molecule has 1 aliphatic rings. The first-order valence-electron chi connectivity index (χ1n) is 8.31. The number of piperazine rings is 1. The SMILES string of the molecule is CCOC(=O)N1CCN(C(=O)c2cc(-c3ccc(C)o3)nn2C)CC1. The molecule has 134 valence electrons. The molecule has 3 heterocycles. The Kier molecular flexibility index (Phi) is 4.78. The first-order valence-corrected chi connectivity index (χ1v) is 8.31. The monoisotopic (exact) mass is 346 g/mol. The van der Waals surface area contributed by atoms with Crippen LogP contribution in [-0.2, 0) is 11.8 Å². The van der Waals surface area contributed by atoms with Gasteiger partial charge >= 0.3 is 6.09 Å². The van der Waals surface area contributed by atoms with Gasteiger partial charge in [-0.05, 0) is 26.0 Å². The molecule has 0 saturated carbocycles. The fourth-order valence-electron chi connectivity index (χ4n) is 2.83. The minimum absolute atomic E-state index is 0.104. The summed E-state index contributed by atoms with van der Waals surface area (Å²) in [5.74, 6) is 1.33. The maximum Gasteiger partial charge on any atom is 0.409 e. The molecule has 0 aliphatic carbocycles. The van der Waals surface area contributed by atoms with E-state index in [0.717, 1.165) is 5.76 Å². The summed E-state index contributed by atoms with van der Waals surface area (Å²) in [7, 11) is 1.74. The van der Waals surface area contributed by atoms with Crippen molar-refractivity contribution in [2.24, 2.45) is 7.05 Å². The first kappa shape index (κ1) is 17.1. The van der Waals surface area contributed by atoms with Crippen LogP contribution in [0.1, 0.15) is 23.2 Å². The topological polar surface area (TPSA) is 80.8 Å². The lowest BCUT2D eigenvalue weighted by Gasteiger charge is -2.33. The second kappa shape index (κ2) is 7.00. The lowest BCUT2D eigenvalue weighted by Crippen LogP contribution is -2.51. The van der Waals surface area contributed by atoms with E-state index in [-0.39, 0.29) is 12.0 Å². The van der Waals surface area contributed by atoms with Crippen LogP contribution in [0, 0.1) is 6.92 Å². The van der Waals surface area contributed by atoms with Gasteiger partial charge in [0.15, 0.2) is 5.76 Å². The van der Waals surface area contributed by atoms with Gasteiger partial charge in [0, 0.05) is 39.3 Å². The Labute approximate surface area is 145 Å². The molecule has 2 aromatic rings. The van der Waals surface area contributed by atoms with Gasteiger partial charge < -0.3 is 19.0 Å². The van der Waals surface area contributed by atoms with E-state index in [9.17, 15) is 9.59 Å². The van der Waals surface area contributed by atoms with Crippen LogP contribution >= 0.6 is 0 Å². The Bertz CT molecular complexity index is 771. The summed E-state index contributed by atoms with van der Waals surface area (Å²) in [6.45, 7) is 5.86. The second-order valence-electron chi connectivity index (χ2n) is 5.93. The zero-order chi connectivity index (χ0) is 18.0. The van der Waals surface area contributed by atoms with Gasteiger partial charge in [-0.1, -0.05) is 0 Å². The molecule has 0 radical (unpaired) electrons. The van der Waals surface area contributed by atoms with E-state index >= 15 is 0 Å². The summed E-state index contributed by atoms with van der Waals surface area (Å²) in [6, 6.07) is 5.43. The van der Waals surface area contributed by atoms with Crippen molar-refractivity contribution in [3.05, 3.63) is 29.7 Å². The third-order valence-corrected chi connectivity index (χ3v) is 4.18. The Morgan fingerprint density at radius 2 is 1.88 bits per heavy atom. The summed E-state index contributed by atoms with van der Waals surface area (Å²) in [6.07, 6.45) is -0.328. The highest BCUT2D eigenvalue weighted by atomic mass is 16.6. The molecule has 1 saturated heterocycles. The number of aryl methyl sites for hydroxylation is 2. The smallest absolute Gasteiger partial charge is 0.409 e. The molecular formula is C17H22N4O4. The molecule has 1 aliphatic heterocycles. The zero-order valence-corrected chi connectivity index (χ0v) is 14.7. The average molecular weight is 346 g/mol. The van der Waals surface area contributed by atoms with Crippen molar-refractivity contribution < 1.29 is 18.7 Å². The highest BCUT2D eigenvalue weighted by molar-refractivity contribution is 5.93. The molecule has 2 aromatic heterocycles. The Morgan fingerprint density at radius 1 is 1.20 bits per heavy atom. The van der Waals surface area contributed by atoms with E-state index in [1.54, 1.807) is 34.5 Å². The zero-order valence-electron chi connectivity index (χ0n) is 14.7. The number of nitrogens with zero attached hydrogens (tertiary/aromatic N) is 4. The van der Waals surface area contributed by atoms with Crippen LogP contribution in [0.4, 0.5) is 4.79 Å². The summed E-state index contributed by atoms with van der Waals surface area (Å²) < 4.78 is 12.1. The Balaban J connectivity index is 1.68. The fraction of sp³-hybridized carbons (Fsp3) is 0.471. The average Bonchev–Trinajstić information content (AvgIpc) is 3.20. The Hall–Kier alpha value is -2.77. The van der Waals surface area contributed by atoms with Gasteiger partial charge in [-0.2, -0.15) is 5.10 Å². The van der Waals surface area contributed by atoms with Crippen molar-refractivity contribution in [2.45, 2.75) is 13.8 Å². The molecule has 25 heavy (non-hydrogen) atoms. The van der Waals surface area contributed by atoms with E-state index < -0.39 is 0 Å². The summed E-state index contributed by atoms with van der Waals surface area (Å²) in [5, 5.41) is 4.37. The van der Waals surface area contributed by atoms with Crippen LogP contribution in [-0.4, -0.2) is 64.4 Å². The van der Waals surface area contributed by atoms with Gasteiger partial charge in [0.2, 0.25) is 0 Å². The number of furan rings is 1. The van der Waals surface area contributed by atoms with Crippen molar-refractivity contribution >= 4 is 12.0 Å². The largest absolute Gasteiger partial charge is 0.460 e. The van der Waals surface area contributed by atoms with Gasteiger partial charge in [0.25, 0.3) is 5.91 Å². The van der Waals surface area contributed by atoms with E-state index in [1.165, 1.54) is 0 Å². The number of aromatic nitrogens is 2. The Morgan fingerprint density at radius 3 is 2.48 bits per heavy atom. The predicted octanol–water partition coefficient (Wildman–Crippen LogP) is 1.90. The number of rotatable bonds is 3. The lowest BCUT2D eigenvalue weighted by atomic mass is 10.2. The van der Waals surface area contributed by atoms with E-state index in [4.69, 9.17) is 9.15 Å². The summed E-state index contributed by atoms with van der Waals surface area (Å²) in [5.41, 5.74) is 1.12. The number of hydrogen-bond acceptors (Lipinski definition) is 5. The summed E-state index contributed by atoms with van der Waals surface area (Å²) in [4.78, 5) is 27.9. The molecule has 8 heteroatoms. The van der Waals surface area contributed by atoms with Crippen LogP contribution < -0.4 is 0 Å². The van der Waals surface area contributed by atoms with E-state index in [0.29, 0.717) is 49.9 Å². The van der Waals surface area contributed by atoms with Crippen molar-refractivity contribution in [2.75, 3.05) is 32.8 Å². The van der Waals surface area contributed by atoms with Crippen LogP contribution in [0.15, 0.2) is 22.6 Å². The molecule has 0 atom stereocenters. The van der Waals surface area contributed by atoms with Gasteiger partial charge in [-0.25, -0.2) is 4.79 Å². The van der Waals surface area contributed by atoms with Crippen molar-refractivity contribution in [1.29, 1.82) is 0 Å². The molecule has 2 amide bonds. The minimum Gasteiger partial charge on any atom is -0.460 e. The van der Waals surface area contributed by atoms with Gasteiger partial charge in [-0.15, -0.1) is 0 Å². The molecule has 0 aromatic carbocycles. The van der Waals surface area contributed by atoms with Crippen LogP contribution in [0.5, 0.6) is 0 Å². The fourth-order valence-corrected chi connectivity index (χ4v) is 2.83. The number of carbonyl (C=O) groups is 2. The molecular weight excluding hydrogens is 324 g/mol. The maximum absolute atomic E-state index is 12.8. The third kappa shape index (κ3) is 3.52. The van der Waals surface area contributed by atoms with Crippen LogP contribution in [0.2, 0.25) is 0 Å². The van der Waals surface area contributed by atoms with E-state index in [1.807, 2.05) is 19.1 Å². The summed E-state index contributed by atoms with van der Waals surface area (Å²) >= 11 is 0. The number of amides is 2. The van der Waals surface area contributed by atoms with Gasteiger partial charge in [0.05, 0.1) is 6.61 Å². The lowest BCUT2D eigenvalue weighted by molar-refractivity contribution is 0.0562. The van der Waals surface area contributed by atoms with Gasteiger partial charge in [-0.3, -0.25) is 9.48 Å². The standard InChI is InChI=1S/C17H22N4O4/c1-4-24-17(23)21-9-7-20(8-10-21)16(22)14-11-13(18-19(14)3)15-6-5-12(2)25-15/h5-6,11H,4,7-10H2,1-3H3. The molecule has 0 spiro atoms. The first-order chi connectivity index (χ1) is 12.0. The minimum atomic E-state index is -0.328.